The van der Waals surface area contributed by atoms with Crippen molar-refractivity contribution >= 4 is 29.1 Å². The van der Waals surface area contributed by atoms with Crippen molar-refractivity contribution in [2.45, 2.75) is 6.92 Å². The predicted molar refractivity (Wildman–Crippen MR) is 70.6 cm³/mol. The van der Waals surface area contributed by atoms with Gasteiger partial charge in [-0.2, -0.15) is 0 Å². The number of aromatic nitrogens is 1. The highest BCUT2D eigenvalue weighted by molar-refractivity contribution is 6.29. The van der Waals surface area contributed by atoms with Gasteiger partial charge in [-0.05, 0) is 36.8 Å². The Morgan fingerprint density at radius 1 is 1.37 bits per heavy atom. The van der Waals surface area contributed by atoms with Crippen molar-refractivity contribution in [3.05, 3.63) is 52.4 Å². The molecular weight excluding hydrogens is 271 g/mol. The zero-order valence-corrected chi connectivity index (χ0v) is 10.7. The molecule has 4 nitrogen and oxygen atoms in total. The van der Waals surface area contributed by atoms with E-state index in [1.165, 1.54) is 24.3 Å². The number of rotatable bonds is 3. The van der Waals surface area contributed by atoms with Crippen LogP contribution in [0.5, 0.6) is 0 Å². The number of hydrogen-bond donors (Lipinski definition) is 2. The van der Waals surface area contributed by atoms with E-state index in [4.69, 9.17) is 16.7 Å². The first-order valence-electron chi connectivity index (χ1n) is 5.40. The van der Waals surface area contributed by atoms with Crippen molar-refractivity contribution in [2.24, 2.45) is 0 Å². The van der Waals surface area contributed by atoms with Crippen molar-refractivity contribution in [1.82, 2.24) is 4.98 Å². The Morgan fingerprint density at radius 3 is 2.79 bits per heavy atom. The van der Waals surface area contributed by atoms with Gasteiger partial charge in [0.05, 0.1) is 5.56 Å². The molecule has 0 bridgehead atoms. The Morgan fingerprint density at radius 2 is 2.11 bits per heavy atom. The maximum atomic E-state index is 13.2. The number of nitrogens with one attached hydrogen (secondary N) is 1. The average Bonchev–Trinajstić information content (AvgIpc) is 2.33. The van der Waals surface area contributed by atoms with Gasteiger partial charge in [0.2, 0.25) is 0 Å². The molecule has 19 heavy (non-hydrogen) atoms. The van der Waals surface area contributed by atoms with Crippen LogP contribution in [0.3, 0.4) is 0 Å². The highest BCUT2D eigenvalue weighted by Gasteiger charge is 2.09. The molecule has 1 aromatic heterocycles. The monoisotopic (exact) mass is 280 g/mol. The Balaban J connectivity index is 2.38. The van der Waals surface area contributed by atoms with Gasteiger partial charge in [0, 0.05) is 5.69 Å². The van der Waals surface area contributed by atoms with Gasteiger partial charge in [0.15, 0.2) is 0 Å². The van der Waals surface area contributed by atoms with E-state index in [2.05, 4.69) is 10.3 Å². The van der Waals surface area contributed by atoms with Crippen LogP contribution < -0.4 is 5.32 Å². The minimum atomic E-state index is -1.11. The lowest BCUT2D eigenvalue weighted by molar-refractivity contribution is 0.0697. The van der Waals surface area contributed by atoms with Crippen molar-refractivity contribution < 1.29 is 14.3 Å². The maximum absolute atomic E-state index is 13.2. The van der Waals surface area contributed by atoms with Gasteiger partial charge in [-0.1, -0.05) is 17.7 Å². The Hall–Kier alpha value is -2.14. The quantitative estimate of drug-likeness (QED) is 0.843. The number of carbonyl (C=O) groups is 1. The highest BCUT2D eigenvalue weighted by Crippen LogP contribution is 2.22. The van der Waals surface area contributed by atoms with Crippen LogP contribution in [-0.4, -0.2) is 16.1 Å². The molecule has 2 aromatic rings. The zero-order valence-electron chi connectivity index (χ0n) is 9.95. The summed E-state index contributed by atoms with van der Waals surface area (Å²) in [5.74, 6) is -1.25. The van der Waals surface area contributed by atoms with E-state index >= 15 is 0 Å². The molecule has 0 atom stereocenters. The molecule has 2 rings (SSSR count). The molecule has 0 radical (unpaired) electrons. The Kier molecular flexibility index (Phi) is 3.66. The van der Waals surface area contributed by atoms with E-state index < -0.39 is 11.8 Å². The number of carboxylic acid groups (broad SMARTS) is 1. The summed E-state index contributed by atoms with van der Waals surface area (Å²) in [7, 11) is 0. The summed E-state index contributed by atoms with van der Waals surface area (Å²) >= 11 is 5.74. The summed E-state index contributed by atoms with van der Waals surface area (Å²) in [5.41, 5.74) is 1.32. The smallest absolute Gasteiger partial charge is 0.335 e. The third-order valence-corrected chi connectivity index (χ3v) is 2.70. The third kappa shape index (κ3) is 3.20. The van der Waals surface area contributed by atoms with Crippen LogP contribution >= 0.6 is 11.6 Å². The van der Waals surface area contributed by atoms with E-state index in [0.717, 1.165) is 5.56 Å². The van der Waals surface area contributed by atoms with Gasteiger partial charge >= 0.3 is 5.97 Å². The van der Waals surface area contributed by atoms with E-state index in [-0.39, 0.29) is 16.5 Å². The van der Waals surface area contributed by atoms with E-state index in [1.54, 1.807) is 13.0 Å². The standard InChI is InChI=1S/C13H10ClFN2O2/c1-7-2-3-9(15)6-10(7)16-12-5-8(13(18)19)4-11(14)17-12/h2-6H,1H3,(H,16,17)(H,18,19). The van der Waals surface area contributed by atoms with Gasteiger partial charge in [-0.25, -0.2) is 14.2 Å². The Labute approximate surface area is 113 Å². The van der Waals surface area contributed by atoms with Gasteiger partial charge in [-0.15, -0.1) is 0 Å². The summed E-state index contributed by atoms with van der Waals surface area (Å²) in [6, 6.07) is 6.83. The Bertz CT molecular complexity index is 647. The molecule has 0 saturated heterocycles. The van der Waals surface area contributed by atoms with Crippen molar-refractivity contribution in [3.8, 4) is 0 Å². The third-order valence-electron chi connectivity index (χ3n) is 2.50. The molecule has 0 saturated carbocycles. The topological polar surface area (TPSA) is 62.2 Å². The molecule has 0 aliphatic rings. The second kappa shape index (κ2) is 5.24. The first-order valence-corrected chi connectivity index (χ1v) is 5.77. The molecule has 1 heterocycles. The fourth-order valence-electron chi connectivity index (χ4n) is 1.55. The number of pyridine rings is 1. The number of aryl methyl sites for hydroxylation is 1. The highest BCUT2D eigenvalue weighted by atomic mass is 35.5. The summed E-state index contributed by atoms with van der Waals surface area (Å²) in [6.07, 6.45) is 0. The lowest BCUT2D eigenvalue weighted by Gasteiger charge is -2.09. The summed E-state index contributed by atoms with van der Waals surface area (Å²) in [4.78, 5) is 14.9. The molecule has 2 N–H and O–H groups in total. The fourth-order valence-corrected chi connectivity index (χ4v) is 1.76. The first kappa shape index (κ1) is 13.3. The van der Waals surface area contributed by atoms with Crippen molar-refractivity contribution in [1.29, 1.82) is 0 Å². The van der Waals surface area contributed by atoms with Crippen LogP contribution in [0, 0.1) is 12.7 Å². The number of halogens is 2. The summed E-state index contributed by atoms with van der Waals surface area (Å²) in [6.45, 7) is 1.80. The zero-order chi connectivity index (χ0) is 14.0. The number of benzene rings is 1. The largest absolute Gasteiger partial charge is 0.478 e. The van der Waals surface area contributed by atoms with Crippen LogP contribution in [0.4, 0.5) is 15.9 Å². The molecule has 1 aromatic carbocycles. The molecule has 98 valence electrons. The van der Waals surface area contributed by atoms with E-state index in [1.807, 2.05) is 0 Å². The minimum absolute atomic E-state index is 0.0107. The van der Waals surface area contributed by atoms with Gasteiger partial charge in [0.1, 0.15) is 16.8 Å². The lowest BCUT2D eigenvalue weighted by Crippen LogP contribution is -2.01. The van der Waals surface area contributed by atoms with Crippen LogP contribution in [0.15, 0.2) is 30.3 Å². The SMILES string of the molecule is Cc1ccc(F)cc1Nc1cc(C(=O)O)cc(Cl)n1. The molecule has 0 unspecified atom stereocenters. The van der Waals surface area contributed by atoms with E-state index in [0.29, 0.717) is 5.69 Å². The second-order valence-electron chi connectivity index (χ2n) is 3.95. The van der Waals surface area contributed by atoms with Gasteiger partial charge in [0.25, 0.3) is 0 Å². The number of carboxylic acids is 1. The van der Waals surface area contributed by atoms with Crippen molar-refractivity contribution in [2.75, 3.05) is 5.32 Å². The first-order chi connectivity index (χ1) is 8.95. The normalized spacial score (nSPS) is 10.3. The van der Waals surface area contributed by atoms with Crippen molar-refractivity contribution in [3.63, 3.8) is 0 Å². The average molecular weight is 281 g/mol. The summed E-state index contributed by atoms with van der Waals surface area (Å²) in [5, 5.41) is 11.8. The molecule has 0 amide bonds. The van der Waals surface area contributed by atoms with Gasteiger partial charge < -0.3 is 10.4 Å². The summed E-state index contributed by atoms with van der Waals surface area (Å²) < 4.78 is 13.2. The molecular formula is C13H10ClFN2O2. The molecule has 6 heteroatoms. The molecule has 0 aliphatic heterocycles. The second-order valence-corrected chi connectivity index (χ2v) is 4.34. The van der Waals surface area contributed by atoms with Crippen LogP contribution in [0.1, 0.15) is 15.9 Å². The molecule has 0 spiro atoms. The number of anilines is 2. The lowest BCUT2D eigenvalue weighted by atomic mass is 10.2. The van der Waals surface area contributed by atoms with Crippen LogP contribution in [-0.2, 0) is 0 Å². The maximum Gasteiger partial charge on any atom is 0.335 e. The number of hydrogen-bond acceptors (Lipinski definition) is 3. The number of aromatic carboxylic acids is 1. The molecule has 0 fully saturated rings. The predicted octanol–water partition coefficient (Wildman–Crippen LogP) is 3.62. The number of nitrogens with zero attached hydrogens (tertiary/aromatic N) is 1. The molecule has 0 aliphatic carbocycles. The van der Waals surface area contributed by atoms with Crippen LogP contribution in [0.2, 0.25) is 5.15 Å². The fraction of sp³-hybridized carbons (Fsp3) is 0.0769. The van der Waals surface area contributed by atoms with Crippen LogP contribution in [0.25, 0.3) is 0 Å². The minimum Gasteiger partial charge on any atom is -0.478 e. The van der Waals surface area contributed by atoms with E-state index in [9.17, 15) is 9.18 Å². The van der Waals surface area contributed by atoms with Gasteiger partial charge in [-0.3, -0.25) is 0 Å².